The summed E-state index contributed by atoms with van der Waals surface area (Å²) in [6.07, 6.45) is 2.08. The molecule has 18 heavy (non-hydrogen) atoms. The van der Waals surface area contributed by atoms with Gasteiger partial charge >= 0.3 is 0 Å². The first-order chi connectivity index (χ1) is 8.54. The molecular formula is C13H16F2N2O. The Hall–Kier alpha value is -1.49. The highest BCUT2D eigenvalue weighted by Crippen LogP contribution is 2.18. The van der Waals surface area contributed by atoms with Gasteiger partial charge in [0.25, 0.3) is 0 Å². The molecule has 1 aromatic rings. The van der Waals surface area contributed by atoms with Crippen LogP contribution in [0.1, 0.15) is 31.4 Å². The molecular weight excluding hydrogens is 238 g/mol. The fraction of sp³-hybridized carbons (Fsp3) is 0.462. The summed E-state index contributed by atoms with van der Waals surface area (Å²) < 4.78 is 26.0. The van der Waals surface area contributed by atoms with E-state index in [1.54, 1.807) is 6.92 Å². The highest BCUT2D eigenvalue weighted by atomic mass is 19.1. The zero-order valence-corrected chi connectivity index (χ0v) is 10.2. The molecule has 0 bridgehead atoms. The van der Waals surface area contributed by atoms with Gasteiger partial charge in [-0.25, -0.2) is 8.78 Å². The average molecular weight is 254 g/mol. The van der Waals surface area contributed by atoms with Crippen molar-refractivity contribution in [3.05, 3.63) is 35.4 Å². The van der Waals surface area contributed by atoms with E-state index in [2.05, 4.69) is 10.6 Å². The number of hydrogen-bond acceptors (Lipinski definition) is 2. The van der Waals surface area contributed by atoms with E-state index < -0.39 is 11.6 Å². The summed E-state index contributed by atoms with van der Waals surface area (Å²) in [5.41, 5.74) is 0.492. The maximum absolute atomic E-state index is 13.0. The van der Waals surface area contributed by atoms with Crippen LogP contribution in [0.2, 0.25) is 0 Å². The van der Waals surface area contributed by atoms with Gasteiger partial charge in [-0.15, -0.1) is 0 Å². The molecule has 0 spiro atoms. The average Bonchev–Trinajstić information content (AvgIpc) is 3.08. The van der Waals surface area contributed by atoms with Crippen molar-refractivity contribution in [3.8, 4) is 0 Å². The molecule has 0 saturated heterocycles. The third-order valence-corrected chi connectivity index (χ3v) is 2.90. The van der Waals surface area contributed by atoms with E-state index in [0.717, 1.165) is 18.9 Å². The van der Waals surface area contributed by atoms with Gasteiger partial charge in [-0.05, 0) is 37.5 Å². The van der Waals surface area contributed by atoms with Gasteiger partial charge in [-0.2, -0.15) is 0 Å². The number of rotatable bonds is 5. The van der Waals surface area contributed by atoms with Crippen LogP contribution in [0, 0.1) is 11.6 Å². The molecule has 1 amide bonds. The normalized spacial score (nSPS) is 16.4. The molecule has 1 fully saturated rings. The lowest BCUT2D eigenvalue weighted by Crippen LogP contribution is -2.36. The second kappa shape index (κ2) is 5.44. The number of carbonyl (C=O) groups excluding carboxylic acids is 1. The van der Waals surface area contributed by atoms with Gasteiger partial charge in [0, 0.05) is 18.2 Å². The van der Waals surface area contributed by atoms with Crippen LogP contribution in [0.15, 0.2) is 18.2 Å². The van der Waals surface area contributed by atoms with Crippen molar-refractivity contribution in [1.29, 1.82) is 0 Å². The molecule has 0 aliphatic heterocycles. The Balaban J connectivity index is 1.86. The molecule has 1 aliphatic rings. The van der Waals surface area contributed by atoms with Crippen LogP contribution in [0.3, 0.4) is 0 Å². The highest BCUT2D eigenvalue weighted by molar-refractivity contribution is 5.78. The zero-order valence-electron chi connectivity index (χ0n) is 10.2. The largest absolute Gasteiger partial charge is 0.352 e. The summed E-state index contributed by atoms with van der Waals surface area (Å²) in [7, 11) is 0. The fourth-order valence-electron chi connectivity index (χ4n) is 1.70. The molecule has 1 atom stereocenters. The summed E-state index contributed by atoms with van der Waals surface area (Å²) in [6, 6.07) is 3.40. The molecule has 2 rings (SSSR count). The molecule has 2 N–H and O–H groups in total. The van der Waals surface area contributed by atoms with E-state index in [9.17, 15) is 13.6 Å². The lowest BCUT2D eigenvalue weighted by Gasteiger charge is -2.14. The van der Waals surface area contributed by atoms with E-state index in [1.165, 1.54) is 12.1 Å². The minimum atomic E-state index is -0.610. The van der Waals surface area contributed by atoms with Crippen molar-refractivity contribution >= 4 is 5.91 Å². The van der Waals surface area contributed by atoms with Crippen LogP contribution in [0.5, 0.6) is 0 Å². The Bertz CT molecular complexity index is 426. The Morgan fingerprint density at radius 1 is 1.33 bits per heavy atom. The molecule has 5 heteroatoms. The van der Waals surface area contributed by atoms with Gasteiger partial charge in [0.05, 0.1) is 6.54 Å². The van der Waals surface area contributed by atoms with Gasteiger partial charge in [0.1, 0.15) is 11.6 Å². The van der Waals surface area contributed by atoms with E-state index >= 15 is 0 Å². The van der Waals surface area contributed by atoms with Crippen LogP contribution < -0.4 is 10.6 Å². The summed E-state index contributed by atoms with van der Waals surface area (Å²) in [5, 5.41) is 5.77. The van der Waals surface area contributed by atoms with Gasteiger partial charge in [-0.3, -0.25) is 4.79 Å². The van der Waals surface area contributed by atoms with E-state index in [4.69, 9.17) is 0 Å². The molecule has 98 valence electrons. The van der Waals surface area contributed by atoms with E-state index in [0.29, 0.717) is 11.6 Å². The van der Waals surface area contributed by atoms with Crippen LogP contribution in [-0.4, -0.2) is 18.5 Å². The van der Waals surface area contributed by atoms with E-state index in [-0.39, 0.29) is 18.5 Å². The van der Waals surface area contributed by atoms with Gasteiger partial charge in [-0.1, -0.05) is 0 Å². The second-order valence-corrected chi connectivity index (χ2v) is 4.65. The zero-order chi connectivity index (χ0) is 13.1. The molecule has 3 nitrogen and oxygen atoms in total. The Kier molecular flexibility index (Phi) is 3.91. The predicted octanol–water partition coefficient (Wildman–Crippen LogP) is 1.89. The summed E-state index contributed by atoms with van der Waals surface area (Å²) in [4.78, 5) is 11.4. The Morgan fingerprint density at radius 2 is 1.94 bits per heavy atom. The maximum Gasteiger partial charge on any atom is 0.234 e. The second-order valence-electron chi connectivity index (χ2n) is 4.65. The molecule has 1 unspecified atom stereocenters. The van der Waals surface area contributed by atoms with Crippen molar-refractivity contribution in [3.63, 3.8) is 0 Å². The van der Waals surface area contributed by atoms with Crippen LogP contribution in [0.25, 0.3) is 0 Å². The minimum Gasteiger partial charge on any atom is -0.352 e. The van der Waals surface area contributed by atoms with Gasteiger partial charge in [0.15, 0.2) is 0 Å². The first-order valence-corrected chi connectivity index (χ1v) is 6.03. The van der Waals surface area contributed by atoms with Crippen molar-refractivity contribution in [2.75, 3.05) is 6.54 Å². The molecule has 0 radical (unpaired) electrons. The quantitative estimate of drug-likeness (QED) is 0.842. The maximum atomic E-state index is 13.0. The summed E-state index contributed by atoms with van der Waals surface area (Å²) in [5.74, 6) is -1.30. The van der Waals surface area contributed by atoms with Gasteiger partial charge in [0.2, 0.25) is 5.91 Å². The summed E-state index contributed by atoms with van der Waals surface area (Å²) in [6.45, 7) is 1.91. The highest BCUT2D eigenvalue weighted by Gasteiger charge is 2.23. The number of amides is 1. The standard InChI is InChI=1S/C13H16F2N2O/c1-8(9-4-10(14)6-11(15)5-9)16-7-13(18)17-12-2-3-12/h4-6,8,12,16H,2-3,7H2,1H3,(H,17,18). The van der Waals surface area contributed by atoms with E-state index in [1.807, 2.05) is 0 Å². The first kappa shape index (κ1) is 13.0. The van der Waals surface area contributed by atoms with Crippen LogP contribution in [0.4, 0.5) is 8.78 Å². The van der Waals surface area contributed by atoms with Crippen LogP contribution in [-0.2, 0) is 4.79 Å². The lowest BCUT2D eigenvalue weighted by atomic mass is 10.1. The lowest BCUT2D eigenvalue weighted by molar-refractivity contribution is -0.120. The van der Waals surface area contributed by atoms with Crippen molar-refractivity contribution in [1.82, 2.24) is 10.6 Å². The molecule has 1 saturated carbocycles. The van der Waals surface area contributed by atoms with Gasteiger partial charge < -0.3 is 10.6 Å². The van der Waals surface area contributed by atoms with Crippen molar-refractivity contribution in [2.24, 2.45) is 0 Å². The first-order valence-electron chi connectivity index (χ1n) is 6.03. The number of halogens is 2. The Morgan fingerprint density at radius 3 is 2.50 bits per heavy atom. The third kappa shape index (κ3) is 3.77. The smallest absolute Gasteiger partial charge is 0.234 e. The number of nitrogens with one attached hydrogen (secondary N) is 2. The predicted molar refractivity (Wildman–Crippen MR) is 63.9 cm³/mol. The SMILES string of the molecule is CC(NCC(=O)NC1CC1)c1cc(F)cc(F)c1. The number of carbonyl (C=O) groups is 1. The fourth-order valence-corrected chi connectivity index (χ4v) is 1.70. The van der Waals surface area contributed by atoms with Crippen molar-refractivity contribution in [2.45, 2.75) is 31.8 Å². The molecule has 0 aromatic heterocycles. The number of hydrogen-bond donors (Lipinski definition) is 2. The Labute approximate surface area is 105 Å². The number of benzene rings is 1. The molecule has 1 aliphatic carbocycles. The molecule has 1 aromatic carbocycles. The molecule has 0 heterocycles. The van der Waals surface area contributed by atoms with Crippen LogP contribution >= 0.6 is 0 Å². The third-order valence-electron chi connectivity index (χ3n) is 2.90. The monoisotopic (exact) mass is 254 g/mol. The topological polar surface area (TPSA) is 41.1 Å². The summed E-state index contributed by atoms with van der Waals surface area (Å²) >= 11 is 0. The van der Waals surface area contributed by atoms with Crippen molar-refractivity contribution < 1.29 is 13.6 Å². The minimum absolute atomic E-state index is 0.0822.